The molecule has 22 heavy (non-hydrogen) atoms. The molecule has 0 aliphatic carbocycles. The van der Waals surface area contributed by atoms with Gasteiger partial charge in [0.05, 0.1) is 19.8 Å². The third kappa shape index (κ3) is 22.2. The van der Waals surface area contributed by atoms with Crippen LogP contribution in [0.15, 0.2) is 0 Å². The van der Waals surface area contributed by atoms with Gasteiger partial charge in [0.1, 0.15) is 0 Å². The fraction of sp³-hybridized carbons (Fsp3) is 1.00. The molecule has 10 heteroatoms. The van der Waals surface area contributed by atoms with E-state index in [1.807, 2.05) is 0 Å². The van der Waals surface area contributed by atoms with E-state index in [4.69, 9.17) is 13.6 Å². The van der Waals surface area contributed by atoms with Crippen molar-refractivity contribution in [2.45, 2.75) is 59.3 Å². The van der Waals surface area contributed by atoms with Crippen LogP contribution < -0.4 is 0 Å². The molecular formula is C12H27BF4O4P-. The highest BCUT2D eigenvalue weighted by atomic mass is 31.2. The summed E-state index contributed by atoms with van der Waals surface area (Å²) in [4.78, 5) is 0. The number of unbranched alkanes of at least 4 members (excludes halogenated alkanes) is 3. The van der Waals surface area contributed by atoms with E-state index in [1.165, 1.54) is 0 Å². The molecular weight excluding hydrogens is 326 g/mol. The third-order valence-corrected chi connectivity index (χ3v) is 3.74. The molecule has 0 aliphatic heterocycles. The maximum Gasteiger partial charge on any atom is 0.673 e. The Bertz CT molecular complexity index is 254. The maximum atomic E-state index is 12.2. The fourth-order valence-electron chi connectivity index (χ4n) is 1.07. The maximum absolute atomic E-state index is 12.2. The summed E-state index contributed by atoms with van der Waals surface area (Å²) in [5.41, 5.74) is 0. The minimum Gasteiger partial charge on any atom is -0.418 e. The Morgan fingerprint density at radius 1 is 0.727 bits per heavy atom. The van der Waals surface area contributed by atoms with Crippen molar-refractivity contribution in [1.29, 1.82) is 0 Å². The molecule has 0 rings (SSSR count). The van der Waals surface area contributed by atoms with E-state index in [2.05, 4.69) is 20.8 Å². The SMILES string of the molecule is CCCCOP(=O)(OCCCC)OCCCC.F[B-](F)(F)F. The topological polar surface area (TPSA) is 44.8 Å². The summed E-state index contributed by atoms with van der Waals surface area (Å²) in [6.07, 6.45) is 5.63. The van der Waals surface area contributed by atoms with Crippen LogP contribution in [0, 0.1) is 0 Å². The Kier molecular flexibility index (Phi) is 15.9. The molecule has 4 nitrogen and oxygen atoms in total. The van der Waals surface area contributed by atoms with Gasteiger partial charge in [-0.05, 0) is 19.3 Å². The second kappa shape index (κ2) is 14.5. The van der Waals surface area contributed by atoms with Crippen LogP contribution in [0.4, 0.5) is 17.3 Å². The average molecular weight is 353 g/mol. The first-order chi connectivity index (χ1) is 10.2. The van der Waals surface area contributed by atoms with Crippen LogP contribution in [0.5, 0.6) is 0 Å². The Morgan fingerprint density at radius 2 is 0.955 bits per heavy atom. The van der Waals surface area contributed by atoms with Crippen LogP contribution in [0.25, 0.3) is 0 Å². The summed E-state index contributed by atoms with van der Waals surface area (Å²) in [6, 6.07) is 0. The highest BCUT2D eigenvalue weighted by Crippen LogP contribution is 2.49. The lowest BCUT2D eigenvalue weighted by atomic mass is 10.3. The molecule has 0 aromatic rings. The van der Waals surface area contributed by atoms with Crippen LogP contribution >= 0.6 is 7.82 Å². The molecule has 0 bridgehead atoms. The molecule has 0 aromatic carbocycles. The monoisotopic (exact) mass is 353 g/mol. The summed E-state index contributed by atoms with van der Waals surface area (Å²) < 4.78 is 67.0. The van der Waals surface area contributed by atoms with E-state index in [9.17, 15) is 21.8 Å². The summed E-state index contributed by atoms with van der Waals surface area (Å²) in [5.74, 6) is 0. The van der Waals surface area contributed by atoms with Gasteiger partial charge in [-0.3, -0.25) is 13.6 Å². The highest BCUT2D eigenvalue weighted by molar-refractivity contribution is 7.48. The van der Waals surface area contributed by atoms with Crippen molar-refractivity contribution in [3.63, 3.8) is 0 Å². The fourth-order valence-corrected chi connectivity index (χ4v) is 2.36. The molecule has 0 saturated carbocycles. The van der Waals surface area contributed by atoms with E-state index in [0.29, 0.717) is 19.8 Å². The van der Waals surface area contributed by atoms with Gasteiger partial charge in [-0.25, -0.2) is 4.57 Å². The van der Waals surface area contributed by atoms with Gasteiger partial charge in [0.2, 0.25) is 0 Å². The second-order valence-electron chi connectivity index (χ2n) is 4.50. The molecule has 0 unspecified atom stereocenters. The number of phosphoric ester groups is 1. The van der Waals surface area contributed by atoms with Gasteiger partial charge >= 0.3 is 15.1 Å². The molecule has 0 aliphatic rings. The van der Waals surface area contributed by atoms with Crippen molar-refractivity contribution in [1.82, 2.24) is 0 Å². The molecule has 0 saturated heterocycles. The van der Waals surface area contributed by atoms with Crippen LogP contribution in [-0.4, -0.2) is 27.1 Å². The van der Waals surface area contributed by atoms with E-state index >= 15 is 0 Å². The number of rotatable bonds is 12. The average Bonchev–Trinajstić information content (AvgIpc) is 2.38. The Balaban J connectivity index is 0. The zero-order valence-electron chi connectivity index (χ0n) is 13.5. The Morgan fingerprint density at radius 3 is 1.14 bits per heavy atom. The molecule has 0 aromatic heterocycles. The zero-order chi connectivity index (χ0) is 17.5. The molecule has 0 radical (unpaired) electrons. The standard InChI is InChI=1S/C12H27O4P.BF4/c1-4-7-10-14-17(13,15-11-8-5-2)16-12-9-6-3;2-1(3,4)5/h4-12H2,1-3H3;/q;-1. The van der Waals surface area contributed by atoms with Crippen LogP contribution in [0.1, 0.15) is 59.3 Å². The molecule has 0 atom stereocenters. The number of halogens is 4. The van der Waals surface area contributed by atoms with Crippen molar-refractivity contribution < 1.29 is 35.4 Å². The van der Waals surface area contributed by atoms with Crippen molar-refractivity contribution in [2.75, 3.05) is 19.8 Å². The minimum atomic E-state index is -6.00. The van der Waals surface area contributed by atoms with Gasteiger partial charge in [0, 0.05) is 0 Å². The lowest BCUT2D eigenvalue weighted by Crippen LogP contribution is -2.03. The second-order valence-corrected chi connectivity index (χ2v) is 6.17. The summed E-state index contributed by atoms with van der Waals surface area (Å²) in [5, 5.41) is 0. The van der Waals surface area contributed by atoms with E-state index in [1.54, 1.807) is 0 Å². The molecule has 0 spiro atoms. The molecule has 0 heterocycles. The van der Waals surface area contributed by atoms with Crippen LogP contribution in [0.2, 0.25) is 0 Å². The quantitative estimate of drug-likeness (QED) is 0.191. The highest BCUT2D eigenvalue weighted by Gasteiger charge is 2.25. The first-order valence-electron chi connectivity index (χ1n) is 7.59. The molecule has 0 amide bonds. The van der Waals surface area contributed by atoms with Crippen molar-refractivity contribution in [3.8, 4) is 0 Å². The zero-order valence-corrected chi connectivity index (χ0v) is 14.4. The molecule has 0 N–H and O–H groups in total. The lowest BCUT2D eigenvalue weighted by Gasteiger charge is -2.17. The summed E-state index contributed by atoms with van der Waals surface area (Å²) >= 11 is 0. The van der Waals surface area contributed by atoms with E-state index < -0.39 is 15.1 Å². The predicted molar refractivity (Wildman–Crippen MR) is 80.4 cm³/mol. The first kappa shape index (κ1) is 24.2. The van der Waals surface area contributed by atoms with Gasteiger partial charge in [-0.2, -0.15) is 0 Å². The van der Waals surface area contributed by atoms with Gasteiger partial charge in [0.25, 0.3) is 0 Å². The van der Waals surface area contributed by atoms with Gasteiger partial charge < -0.3 is 17.3 Å². The Hall–Kier alpha value is -0.105. The Labute approximate surface area is 130 Å². The van der Waals surface area contributed by atoms with Gasteiger partial charge in [0.15, 0.2) is 0 Å². The van der Waals surface area contributed by atoms with Gasteiger partial charge in [-0.15, -0.1) is 0 Å². The normalized spacial score (nSPS) is 12.0. The summed E-state index contributed by atoms with van der Waals surface area (Å²) in [6.45, 7) is 7.49. The minimum absolute atomic E-state index is 0.437. The smallest absolute Gasteiger partial charge is 0.418 e. The molecule has 136 valence electrons. The largest absolute Gasteiger partial charge is 0.673 e. The van der Waals surface area contributed by atoms with Crippen molar-refractivity contribution >= 4 is 15.1 Å². The number of phosphoric acid groups is 1. The van der Waals surface area contributed by atoms with Crippen molar-refractivity contribution in [3.05, 3.63) is 0 Å². The predicted octanol–water partition coefficient (Wildman–Crippen LogP) is 5.84. The van der Waals surface area contributed by atoms with E-state index in [0.717, 1.165) is 38.5 Å². The van der Waals surface area contributed by atoms with Gasteiger partial charge in [-0.1, -0.05) is 40.0 Å². The van der Waals surface area contributed by atoms with Crippen molar-refractivity contribution in [2.24, 2.45) is 0 Å². The summed E-state index contributed by atoms with van der Waals surface area (Å²) in [7, 11) is -9.31. The lowest BCUT2D eigenvalue weighted by molar-refractivity contribution is 0.110. The van der Waals surface area contributed by atoms with E-state index in [-0.39, 0.29) is 0 Å². The third-order valence-electron chi connectivity index (χ3n) is 2.24. The first-order valence-corrected chi connectivity index (χ1v) is 9.05. The number of hydrogen-bond donors (Lipinski definition) is 0. The number of hydrogen-bond acceptors (Lipinski definition) is 4. The molecule has 0 fully saturated rings. The van der Waals surface area contributed by atoms with Crippen LogP contribution in [-0.2, 0) is 18.1 Å². The van der Waals surface area contributed by atoms with Crippen LogP contribution in [0.3, 0.4) is 0 Å².